The molecule has 0 heterocycles. The average molecular weight is 200 g/mol. The van der Waals surface area contributed by atoms with Crippen molar-refractivity contribution in [1.29, 1.82) is 0 Å². The quantitative estimate of drug-likeness (QED) is 0.404. The van der Waals surface area contributed by atoms with Gasteiger partial charge in [-0.2, -0.15) is 0 Å². The van der Waals surface area contributed by atoms with Gasteiger partial charge in [-0.3, -0.25) is 15.0 Å². The minimum Gasteiger partial charge on any atom is -0.299 e. The van der Waals surface area contributed by atoms with Crippen LogP contribution in [0.1, 0.15) is 41.0 Å². The molecule has 0 aromatic heterocycles. The molecule has 0 aromatic carbocycles. The second-order valence-electron chi connectivity index (χ2n) is 4.97. The molecule has 0 radical (unpaired) electrons. The van der Waals surface area contributed by atoms with Crippen LogP contribution in [-0.2, 0) is 9.59 Å². The van der Waals surface area contributed by atoms with Gasteiger partial charge in [-0.15, -0.1) is 0 Å². The average Bonchev–Trinajstić information content (AvgIpc) is 2.00. The molecule has 3 N–H and O–H groups in total. The lowest BCUT2D eigenvalue weighted by molar-refractivity contribution is -0.134. The molecule has 0 atom stereocenters. The third-order valence-electron chi connectivity index (χ3n) is 2.58. The summed E-state index contributed by atoms with van der Waals surface area (Å²) in [5, 5.41) is 0. The molecule has 4 nitrogen and oxygen atoms in total. The van der Waals surface area contributed by atoms with Gasteiger partial charge in [-0.25, -0.2) is 5.84 Å². The number of amides is 1. The molecule has 0 aliphatic rings. The van der Waals surface area contributed by atoms with Crippen molar-refractivity contribution < 1.29 is 9.59 Å². The Labute approximate surface area is 85.2 Å². The van der Waals surface area contributed by atoms with E-state index in [-0.39, 0.29) is 11.7 Å². The summed E-state index contributed by atoms with van der Waals surface area (Å²) < 4.78 is 0. The first-order chi connectivity index (χ1) is 6.13. The summed E-state index contributed by atoms with van der Waals surface area (Å²) in [7, 11) is 0. The van der Waals surface area contributed by atoms with E-state index in [1.165, 1.54) is 6.92 Å². The van der Waals surface area contributed by atoms with Crippen molar-refractivity contribution in [2.45, 2.75) is 41.0 Å². The standard InChI is InChI=1S/C10H20N2O2/c1-7(13)9(2,3)6-10(4,5)8(14)12-11/h6,11H2,1-5H3,(H,12,14). The number of Topliss-reactive ketones (excluding diaryl/α,β-unsaturated/α-hetero) is 1. The Hall–Kier alpha value is -0.900. The van der Waals surface area contributed by atoms with Gasteiger partial charge in [0.2, 0.25) is 5.91 Å². The molecule has 0 bridgehead atoms. The van der Waals surface area contributed by atoms with Crippen LogP contribution in [0.2, 0.25) is 0 Å². The second kappa shape index (κ2) is 4.09. The maximum atomic E-state index is 11.4. The van der Waals surface area contributed by atoms with E-state index in [1.54, 1.807) is 13.8 Å². The first-order valence-corrected chi connectivity index (χ1v) is 4.65. The predicted molar refractivity (Wildman–Crippen MR) is 55.2 cm³/mol. The minimum atomic E-state index is -0.621. The number of rotatable bonds is 4. The fraction of sp³-hybridized carbons (Fsp3) is 0.800. The highest BCUT2D eigenvalue weighted by molar-refractivity contribution is 5.85. The SMILES string of the molecule is CC(=O)C(C)(C)CC(C)(C)C(=O)NN. The third-order valence-corrected chi connectivity index (χ3v) is 2.58. The minimum absolute atomic E-state index is 0.0791. The highest BCUT2D eigenvalue weighted by atomic mass is 16.2. The van der Waals surface area contributed by atoms with Gasteiger partial charge in [0.25, 0.3) is 0 Å². The Morgan fingerprint density at radius 1 is 1.14 bits per heavy atom. The van der Waals surface area contributed by atoms with Crippen molar-refractivity contribution in [2.75, 3.05) is 0 Å². The van der Waals surface area contributed by atoms with Gasteiger partial charge < -0.3 is 0 Å². The summed E-state index contributed by atoms with van der Waals surface area (Å²) in [4.78, 5) is 22.7. The normalized spacial score (nSPS) is 12.4. The van der Waals surface area contributed by atoms with Crippen molar-refractivity contribution in [3.05, 3.63) is 0 Å². The first-order valence-electron chi connectivity index (χ1n) is 4.65. The topological polar surface area (TPSA) is 72.2 Å². The molecule has 0 rings (SSSR count). The van der Waals surface area contributed by atoms with E-state index in [0.29, 0.717) is 6.42 Å². The zero-order valence-electron chi connectivity index (χ0n) is 9.60. The smallest absolute Gasteiger partial charge is 0.239 e. The molecule has 1 amide bonds. The molecule has 0 fully saturated rings. The van der Waals surface area contributed by atoms with E-state index >= 15 is 0 Å². The van der Waals surface area contributed by atoms with E-state index in [0.717, 1.165) is 0 Å². The van der Waals surface area contributed by atoms with Crippen LogP contribution in [0.4, 0.5) is 0 Å². The maximum absolute atomic E-state index is 11.4. The van der Waals surface area contributed by atoms with Gasteiger partial charge in [0.1, 0.15) is 5.78 Å². The number of nitrogens with two attached hydrogens (primary N) is 1. The zero-order chi connectivity index (χ0) is 11.6. The highest BCUT2D eigenvalue weighted by Crippen LogP contribution is 2.34. The molecule has 0 saturated carbocycles. The van der Waals surface area contributed by atoms with Crippen LogP contribution in [-0.4, -0.2) is 11.7 Å². The van der Waals surface area contributed by atoms with Gasteiger partial charge in [0.15, 0.2) is 0 Å². The lowest BCUT2D eigenvalue weighted by atomic mass is 9.73. The molecular weight excluding hydrogens is 180 g/mol. The number of hydrazine groups is 1. The lowest BCUT2D eigenvalue weighted by Gasteiger charge is -2.31. The largest absolute Gasteiger partial charge is 0.299 e. The van der Waals surface area contributed by atoms with Gasteiger partial charge in [0.05, 0.1) is 0 Å². The van der Waals surface area contributed by atoms with Crippen LogP contribution in [0.25, 0.3) is 0 Å². The van der Waals surface area contributed by atoms with Crippen molar-refractivity contribution in [2.24, 2.45) is 16.7 Å². The van der Waals surface area contributed by atoms with Crippen molar-refractivity contribution in [3.63, 3.8) is 0 Å². The summed E-state index contributed by atoms with van der Waals surface area (Å²) in [5.41, 5.74) is 1.01. The molecule has 0 aromatic rings. The molecule has 0 spiro atoms. The van der Waals surface area contributed by atoms with Crippen LogP contribution < -0.4 is 11.3 Å². The Morgan fingerprint density at radius 2 is 1.57 bits per heavy atom. The van der Waals surface area contributed by atoms with E-state index in [2.05, 4.69) is 5.43 Å². The van der Waals surface area contributed by atoms with E-state index < -0.39 is 10.8 Å². The first kappa shape index (κ1) is 13.1. The van der Waals surface area contributed by atoms with Crippen LogP contribution in [0.5, 0.6) is 0 Å². The van der Waals surface area contributed by atoms with Crippen molar-refractivity contribution in [3.8, 4) is 0 Å². The molecule has 4 heteroatoms. The number of ketones is 1. The Balaban J connectivity index is 4.66. The summed E-state index contributed by atoms with van der Waals surface area (Å²) in [6, 6.07) is 0. The van der Waals surface area contributed by atoms with Gasteiger partial charge in [-0.05, 0) is 13.3 Å². The fourth-order valence-corrected chi connectivity index (χ4v) is 1.50. The van der Waals surface area contributed by atoms with Gasteiger partial charge in [0, 0.05) is 10.8 Å². The molecule has 0 aliphatic heterocycles. The number of hydrogen-bond donors (Lipinski definition) is 2. The van der Waals surface area contributed by atoms with Gasteiger partial charge >= 0.3 is 0 Å². The van der Waals surface area contributed by atoms with Gasteiger partial charge in [-0.1, -0.05) is 27.7 Å². The number of carbonyl (C=O) groups is 2. The maximum Gasteiger partial charge on any atom is 0.239 e. The third kappa shape index (κ3) is 3.10. The molecule has 14 heavy (non-hydrogen) atoms. The van der Waals surface area contributed by atoms with E-state index in [1.807, 2.05) is 13.8 Å². The monoisotopic (exact) mass is 200 g/mol. The molecule has 82 valence electrons. The Bertz CT molecular complexity index is 245. The van der Waals surface area contributed by atoms with Crippen LogP contribution >= 0.6 is 0 Å². The summed E-state index contributed by atoms with van der Waals surface area (Å²) in [6.07, 6.45) is 0.484. The van der Waals surface area contributed by atoms with E-state index in [9.17, 15) is 9.59 Å². The zero-order valence-corrected chi connectivity index (χ0v) is 9.60. The molecule has 0 unspecified atom stereocenters. The fourth-order valence-electron chi connectivity index (χ4n) is 1.50. The second-order valence-corrected chi connectivity index (χ2v) is 4.97. The number of hydrogen-bond acceptors (Lipinski definition) is 3. The van der Waals surface area contributed by atoms with Crippen LogP contribution in [0, 0.1) is 10.8 Å². The van der Waals surface area contributed by atoms with Crippen LogP contribution in [0.3, 0.4) is 0 Å². The number of carbonyl (C=O) groups excluding carboxylic acids is 2. The number of nitrogens with one attached hydrogen (secondary N) is 1. The highest BCUT2D eigenvalue weighted by Gasteiger charge is 2.36. The summed E-state index contributed by atoms with van der Waals surface area (Å²) in [5.74, 6) is 4.90. The van der Waals surface area contributed by atoms with E-state index in [4.69, 9.17) is 5.84 Å². The lowest BCUT2D eigenvalue weighted by Crippen LogP contribution is -2.44. The van der Waals surface area contributed by atoms with Crippen molar-refractivity contribution >= 4 is 11.7 Å². The van der Waals surface area contributed by atoms with Crippen molar-refractivity contribution in [1.82, 2.24) is 5.43 Å². The summed E-state index contributed by atoms with van der Waals surface area (Å²) >= 11 is 0. The molecule has 0 saturated heterocycles. The summed E-state index contributed by atoms with van der Waals surface area (Å²) in [6.45, 7) is 8.76. The Morgan fingerprint density at radius 3 is 1.86 bits per heavy atom. The Kier molecular flexibility index (Phi) is 3.82. The van der Waals surface area contributed by atoms with Crippen LogP contribution in [0.15, 0.2) is 0 Å². The molecule has 0 aliphatic carbocycles. The molecular formula is C10H20N2O2. The predicted octanol–water partition coefficient (Wildman–Crippen LogP) is 1.01.